The molecule has 6 nitrogen and oxygen atoms in total. The second kappa shape index (κ2) is 10.3. The maximum atomic E-state index is 6.38. The Morgan fingerprint density at radius 1 is 1.06 bits per heavy atom. The topological polar surface area (TPSA) is 53.8 Å². The molecule has 0 spiro atoms. The number of aromatic nitrogens is 1. The van der Waals surface area contributed by atoms with Crippen molar-refractivity contribution in [1.82, 2.24) is 20.1 Å². The minimum Gasteiger partial charge on any atom is -0.452 e. The Labute approximate surface area is 204 Å². The molecule has 2 aliphatic heterocycles. The first-order chi connectivity index (χ1) is 16.2. The van der Waals surface area contributed by atoms with Crippen LogP contribution in [0.15, 0.2) is 75.2 Å². The van der Waals surface area contributed by atoms with Crippen LogP contribution in [0.3, 0.4) is 0 Å². The van der Waals surface area contributed by atoms with Crippen molar-refractivity contribution in [2.75, 3.05) is 39.4 Å². The van der Waals surface area contributed by atoms with E-state index in [2.05, 4.69) is 63.4 Å². The second-order valence-electron chi connectivity index (χ2n) is 8.35. The molecule has 3 aromatic rings. The van der Waals surface area contributed by atoms with Gasteiger partial charge in [-0.05, 0) is 55.5 Å². The molecule has 5 rings (SSSR count). The largest absolute Gasteiger partial charge is 0.452 e. The Bertz CT molecular complexity index is 1070. The quantitative estimate of drug-likeness (QED) is 0.498. The molecule has 1 N–H and O–H groups in total. The number of benzene rings is 1. The van der Waals surface area contributed by atoms with Crippen LogP contribution in [-0.2, 0) is 4.74 Å². The highest BCUT2D eigenvalue weighted by Gasteiger charge is 2.41. The van der Waals surface area contributed by atoms with Crippen molar-refractivity contribution in [3.05, 3.63) is 77.8 Å². The summed E-state index contributed by atoms with van der Waals surface area (Å²) in [5.74, 6) is 0.898. The van der Waals surface area contributed by atoms with E-state index in [1.165, 1.54) is 5.56 Å². The molecule has 0 bridgehead atoms. The lowest BCUT2D eigenvalue weighted by Gasteiger charge is -2.31. The second-order valence-corrected chi connectivity index (χ2v) is 9.81. The molecular weight excluding hydrogens is 452 g/mol. The van der Waals surface area contributed by atoms with Crippen molar-refractivity contribution in [3.63, 3.8) is 0 Å². The van der Waals surface area contributed by atoms with Crippen molar-refractivity contribution < 1.29 is 9.15 Å². The Morgan fingerprint density at radius 2 is 1.88 bits per heavy atom. The van der Waals surface area contributed by atoms with Gasteiger partial charge >= 0.3 is 0 Å². The molecule has 0 saturated carbocycles. The van der Waals surface area contributed by atoms with Crippen LogP contribution in [0.5, 0.6) is 0 Å². The van der Waals surface area contributed by atoms with E-state index in [0.29, 0.717) is 0 Å². The molecule has 2 unspecified atom stereocenters. The van der Waals surface area contributed by atoms with E-state index in [0.717, 1.165) is 65.9 Å². The molecular formula is C25H28N4O2S2. The van der Waals surface area contributed by atoms with Crippen molar-refractivity contribution >= 4 is 29.1 Å². The van der Waals surface area contributed by atoms with Gasteiger partial charge in [0, 0.05) is 37.3 Å². The summed E-state index contributed by atoms with van der Waals surface area (Å²) in [6.07, 6.45) is 1.83. The number of hydrogen-bond donors (Lipinski definition) is 1. The molecule has 0 radical (unpaired) electrons. The summed E-state index contributed by atoms with van der Waals surface area (Å²) < 4.78 is 11.9. The average molecular weight is 481 g/mol. The van der Waals surface area contributed by atoms with Gasteiger partial charge < -0.3 is 19.4 Å². The normalized spacial score (nSPS) is 21.4. The minimum atomic E-state index is -0.0632. The number of nitrogens with one attached hydrogen (secondary N) is 1. The predicted octanol–water partition coefficient (Wildman–Crippen LogP) is 4.44. The zero-order chi connectivity index (χ0) is 22.6. The van der Waals surface area contributed by atoms with Crippen LogP contribution in [0.25, 0.3) is 0 Å². The third kappa shape index (κ3) is 5.24. The number of pyridine rings is 1. The van der Waals surface area contributed by atoms with E-state index in [1.807, 2.05) is 24.4 Å². The Hall–Kier alpha value is -2.39. The van der Waals surface area contributed by atoms with Gasteiger partial charge in [-0.2, -0.15) is 0 Å². The lowest BCUT2D eigenvalue weighted by atomic mass is 10.0. The average Bonchev–Trinajstić information content (AvgIpc) is 3.44. The fraction of sp³-hybridized carbons (Fsp3) is 0.360. The van der Waals surface area contributed by atoms with Gasteiger partial charge in [0.05, 0.1) is 24.9 Å². The lowest BCUT2D eigenvalue weighted by molar-refractivity contribution is 0.0347. The van der Waals surface area contributed by atoms with E-state index >= 15 is 0 Å². The highest BCUT2D eigenvalue weighted by atomic mass is 32.2. The third-order valence-electron chi connectivity index (χ3n) is 6.09. The molecule has 2 aliphatic rings. The predicted molar refractivity (Wildman–Crippen MR) is 133 cm³/mol. The van der Waals surface area contributed by atoms with Crippen LogP contribution in [0.4, 0.5) is 0 Å². The van der Waals surface area contributed by atoms with E-state index < -0.39 is 0 Å². The standard InChI is InChI=1S/C25H28N4O2S2/c1-18-5-7-19(8-6-18)33-22-10-9-21(31-22)24-23(20-4-2-3-11-26-20)27-25(32)29(24)13-12-28-14-16-30-17-15-28/h2-11,23-24H,12-17H2,1H3,(H,27,32). The van der Waals surface area contributed by atoms with E-state index in [1.54, 1.807) is 11.8 Å². The Morgan fingerprint density at radius 3 is 2.64 bits per heavy atom. The Balaban J connectivity index is 1.38. The smallest absolute Gasteiger partial charge is 0.170 e. The SMILES string of the molecule is Cc1ccc(Sc2ccc(C3C(c4ccccn4)NC(=S)N3CCN3CCOCC3)o2)cc1. The van der Waals surface area contributed by atoms with Crippen LogP contribution in [0, 0.1) is 6.92 Å². The molecule has 2 fully saturated rings. The first-order valence-electron chi connectivity index (χ1n) is 11.3. The number of hydrogen-bond acceptors (Lipinski definition) is 6. The number of nitrogens with zero attached hydrogens (tertiary/aromatic N) is 3. The van der Waals surface area contributed by atoms with E-state index in [9.17, 15) is 0 Å². The van der Waals surface area contributed by atoms with E-state index in [-0.39, 0.29) is 12.1 Å². The summed E-state index contributed by atoms with van der Waals surface area (Å²) in [5, 5.41) is 5.12. The van der Waals surface area contributed by atoms with Crippen molar-refractivity contribution in [1.29, 1.82) is 0 Å². The Kier molecular flexibility index (Phi) is 6.96. The summed E-state index contributed by atoms with van der Waals surface area (Å²) in [4.78, 5) is 10.5. The highest BCUT2D eigenvalue weighted by molar-refractivity contribution is 7.99. The lowest BCUT2D eigenvalue weighted by Crippen LogP contribution is -2.42. The molecule has 8 heteroatoms. The summed E-state index contributed by atoms with van der Waals surface area (Å²) in [5.41, 5.74) is 2.21. The van der Waals surface area contributed by atoms with Crippen molar-refractivity contribution in [2.45, 2.75) is 29.0 Å². The summed E-state index contributed by atoms with van der Waals surface area (Å²) in [7, 11) is 0. The number of furan rings is 1. The fourth-order valence-electron chi connectivity index (χ4n) is 4.30. The van der Waals surface area contributed by atoms with Crippen LogP contribution < -0.4 is 5.32 Å². The zero-order valence-electron chi connectivity index (χ0n) is 18.6. The first kappa shape index (κ1) is 22.4. The van der Waals surface area contributed by atoms with E-state index in [4.69, 9.17) is 21.4 Å². The monoisotopic (exact) mass is 480 g/mol. The maximum absolute atomic E-state index is 6.38. The summed E-state index contributed by atoms with van der Waals surface area (Å²) in [6.45, 7) is 7.35. The third-order valence-corrected chi connectivity index (χ3v) is 7.37. The van der Waals surface area contributed by atoms with Crippen molar-refractivity contribution in [2.24, 2.45) is 0 Å². The van der Waals surface area contributed by atoms with Gasteiger partial charge in [0.2, 0.25) is 0 Å². The summed E-state index contributed by atoms with van der Waals surface area (Å²) in [6, 6.07) is 18.5. The van der Waals surface area contributed by atoms with Gasteiger partial charge in [-0.3, -0.25) is 9.88 Å². The molecule has 2 atom stereocenters. The van der Waals surface area contributed by atoms with Gasteiger partial charge in [-0.1, -0.05) is 35.5 Å². The zero-order valence-corrected chi connectivity index (χ0v) is 20.3. The molecule has 33 heavy (non-hydrogen) atoms. The van der Waals surface area contributed by atoms with Gasteiger partial charge in [-0.15, -0.1) is 0 Å². The van der Waals surface area contributed by atoms with Crippen LogP contribution >= 0.6 is 24.0 Å². The number of ether oxygens (including phenoxy) is 1. The first-order valence-corrected chi connectivity index (χ1v) is 12.5. The van der Waals surface area contributed by atoms with Gasteiger partial charge in [0.1, 0.15) is 11.8 Å². The summed E-state index contributed by atoms with van der Waals surface area (Å²) >= 11 is 7.42. The molecule has 0 aliphatic carbocycles. The van der Waals surface area contributed by atoms with Crippen LogP contribution in [-0.4, -0.2) is 59.3 Å². The highest BCUT2D eigenvalue weighted by Crippen LogP contribution is 2.41. The fourth-order valence-corrected chi connectivity index (χ4v) is 5.41. The van der Waals surface area contributed by atoms with Gasteiger partial charge in [-0.25, -0.2) is 0 Å². The van der Waals surface area contributed by atoms with Crippen LogP contribution in [0.2, 0.25) is 0 Å². The number of aryl methyl sites for hydroxylation is 1. The maximum Gasteiger partial charge on any atom is 0.170 e. The van der Waals surface area contributed by atoms with Gasteiger partial charge in [0.25, 0.3) is 0 Å². The van der Waals surface area contributed by atoms with Crippen LogP contribution in [0.1, 0.15) is 29.1 Å². The molecule has 2 saturated heterocycles. The van der Waals surface area contributed by atoms with Crippen molar-refractivity contribution in [3.8, 4) is 0 Å². The minimum absolute atomic E-state index is 0.0548. The van der Waals surface area contributed by atoms with Gasteiger partial charge in [0.15, 0.2) is 10.2 Å². The molecule has 0 amide bonds. The molecule has 4 heterocycles. The number of rotatable bonds is 7. The molecule has 2 aromatic heterocycles. The molecule has 172 valence electrons. The number of thiocarbonyl (C=S) groups is 1. The number of morpholine rings is 1. The molecule has 1 aromatic carbocycles.